The largest absolute Gasteiger partial charge is 0.326 e. The maximum atomic E-state index is 12.6. The van der Waals surface area contributed by atoms with Gasteiger partial charge in [0, 0.05) is 61.5 Å². The van der Waals surface area contributed by atoms with Crippen molar-refractivity contribution < 1.29 is 4.79 Å². The minimum Gasteiger partial charge on any atom is -0.326 e. The summed E-state index contributed by atoms with van der Waals surface area (Å²) in [4.78, 5) is 19.8. The van der Waals surface area contributed by atoms with Gasteiger partial charge in [0.2, 0.25) is 5.91 Å². The number of hydrogen-bond donors (Lipinski definition) is 1. The van der Waals surface area contributed by atoms with Gasteiger partial charge in [-0.25, -0.2) is 0 Å². The van der Waals surface area contributed by atoms with Crippen LogP contribution in [0.5, 0.6) is 0 Å². The Hall–Kier alpha value is -12.1. The first-order chi connectivity index (χ1) is 51.3. The number of anilines is 10. The summed E-state index contributed by atoms with van der Waals surface area (Å²) in [6, 6.07) is 118. The molecule has 17 rings (SSSR count). The maximum Gasteiger partial charge on any atom is 0.230 e. The maximum absolute atomic E-state index is 12.6. The molecule has 0 fully saturated rings. The van der Waals surface area contributed by atoms with Crippen LogP contribution in [0.15, 0.2) is 328 Å². The SMILES string of the molecule is CCC(C)(C)C(=O)Nc1ccc(N2c3ccccc3-c3ccccc3-c3ccccc32)cc1.CCC(C)c1ccc(-c2ccc(N3c4ccccc4-c4ccccc4-c4ccccc43)cc2)cc1.CCC(C)c1ccc(-c2ccc(N3c4ccccc4-c4ccccc4-c4ccccc43)cc2C)c(C)c1. The van der Waals surface area contributed by atoms with E-state index in [1.54, 1.807) is 0 Å². The van der Waals surface area contributed by atoms with Crippen LogP contribution in [0, 0.1) is 19.3 Å². The van der Waals surface area contributed by atoms with Crippen molar-refractivity contribution in [3.8, 4) is 89.0 Å². The summed E-state index contributed by atoms with van der Waals surface area (Å²) in [5.74, 6) is 1.22. The summed E-state index contributed by atoms with van der Waals surface area (Å²) < 4.78 is 0. The minimum absolute atomic E-state index is 0.0404. The molecule has 0 saturated heterocycles. The van der Waals surface area contributed by atoms with Crippen molar-refractivity contribution in [1.29, 1.82) is 0 Å². The molecule has 5 nitrogen and oxygen atoms in total. The third-order valence-electron chi connectivity index (χ3n) is 22.0. The second-order valence-corrected chi connectivity index (χ2v) is 28.8. The van der Waals surface area contributed by atoms with Gasteiger partial charge in [-0.15, -0.1) is 0 Å². The molecule has 516 valence electrons. The molecular weight excluding hydrogens is 1270 g/mol. The zero-order valence-corrected chi connectivity index (χ0v) is 61.7. The second kappa shape index (κ2) is 29.7. The number of hydrogen-bond acceptors (Lipinski definition) is 4. The van der Waals surface area contributed by atoms with Gasteiger partial charge in [-0.1, -0.05) is 291 Å². The number of fused-ring (bicyclic) bond motifs is 15. The Morgan fingerprint density at radius 3 is 0.895 bits per heavy atom. The lowest BCUT2D eigenvalue weighted by Gasteiger charge is -2.28. The number of carbonyl (C=O) groups excluding carboxylic acids is 1. The van der Waals surface area contributed by atoms with E-state index < -0.39 is 5.41 Å². The fourth-order valence-corrected chi connectivity index (χ4v) is 15.3. The van der Waals surface area contributed by atoms with Gasteiger partial charge in [-0.3, -0.25) is 4.79 Å². The summed E-state index contributed by atoms with van der Waals surface area (Å²) >= 11 is 0. The van der Waals surface area contributed by atoms with Crippen LogP contribution in [0.4, 0.5) is 56.9 Å². The minimum atomic E-state index is -0.396. The van der Waals surface area contributed by atoms with Crippen LogP contribution < -0.4 is 20.0 Å². The third kappa shape index (κ3) is 13.4. The van der Waals surface area contributed by atoms with Crippen LogP contribution in [-0.4, -0.2) is 5.91 Å². The first kappa shape index (κ1) is 68.7. The van der Waals surface area contributed by atoms with Gasteiger partial charge in [0.15, 0.2) is 0 Å². The van der Waals surface area contributed by atoms with E-state index in [1.165, 1.54) is 140 Å². The summed E-state index contributed by atoms with van der Waals surface area (Å²) in [5, 5.41) is 3.07. The Kier molecular flexibility index (Phi) is 19.5. The van der Waals surface area contributed by atoms with Crippen LogP contribution in [0.25, 0.3) is 89.0 Å². The average Bonchev–Trinajstić information content (AvgIpc) is 1.63. The molecular formula is C100H90N4O. The van der Waals surface area contributed by atoms with Crippen LogP contribution in [0.1, 0.15) is 102 Å². The van der Waals surface area contributed by atoms with Crippen molar-refractivity contribution in [3.63, 3.8) is 0 Å². The lowest BCUT2D eigenvalue weighted by molar-refractivity contribution is -0.124. The van der Waals surface area contributed by atoms with Gasteiger partial charge in [0.05, 0.1) is 34.1 Å². The van der Waals surface area contributed by atoms with Gasteiger partial charge in [-0.2, -0.15) is 0 Å². The molecule has 105 heavy (non-hydrogen) atoms. The molecule has 1 amide bonds. The molecule has 14 aromatic carbocycles. The lowest BCUT2D eigenvalue weighted by atomic mass is 9.89. The summed E-state index contributed by atoms with van der Waals surface area (Å²) in [6.07, 6.45) is 3.12. The predicted octanol–water partition coefficient (Wildman–Crippen LogP) is 28.8. The molecule has 1 N–H and O–H groups in total. The van der Waals surface area contributed by atoms with Gasteiger partial charge >= 0.3 is 0 Å². The molecule has 0 aliphatic carbocycles. The Morgan fingerprint density at radius 1 is 0.305 bits per heavy atom. The smallest absolute Gasteiger partial charge is 0.230 e. The van der Waals surface area contributed by atoms with Gasteiger partial charge in [0.25, 0.3) is 0 Å². The average molecular weight is 1360 g/mol. The molecule has 14 aromatic rings. The van der Waals surface area contributed by atoms with Crippen LogP contribution in [-0.2, 0) is 4.79 Å². The topological polar surface area (TPSA) is 38.8 Å². The molecule has 0 aromatic heterocycles. The molecule has 2 unspecified atom stereocenters. The lowest BCUT2D eigenvalue weighted by Crippen LogP contribution is -2.29. The van der Waals surface area contributed by atoms with E-state index in [-0.39, 0.29) is 5.91 Å². The molecule has 3 heterocycles. The Morgan fingerprint density at radius 2 is 0.571 bits per heavy atom. The summed E-state index contributed by atoms with van der Waals surface area (Å²) in [6.45, 7) is 19.6. The monoisotopic (exact) mass is 1360 g/mol. The van der Waals surface area contributed by atoms with Gasteiger partial charge in [0.1, 0.15) is 0 Å². The fourth-order valence-electron chi connectivity index (χ4n) is 15.3. The molecule has 0 saturated carbocycles. The first-order valence-electron chi connectivity index (χ1n) is 37.4. The van der Waals surface area contributed by atoms with Gasteiger partial charge < -0.3 is 20.0 Å². The number of rotatable bonds is 12. The molecule has 2 atom stereocenters. The second-order valence-electron chi connectivity index (χ2n) is 28.8. The van der Waals surface area contributed by atoms with Crippen molar-refractivity contribution >= 4 is 62.8 Å². The predicted molar refractivity (Wildman–Crippen MR) is 447 cm³/mol. The molecule has 5 heteroatoms. The standard InChI is InChI=1S/C36H33N.C34H29N.C30H28N2O/c1-5-24(2)27-18-20-29(25(3)22-27)30-21-19-28(23-26(30)4)37-35-16-10-8-14-33(35)31-12-6-7-13-32(31)34-15-9-11-17-36(34)37;1-3-24(2)25-16-18-26(19-17-25)27-20-22-28(23-21-27)35-33-14-8-6-12-31(33)29-10-4-5-11-30(29)32-13-7-9-15-34(32)35;1-4-30(2,3)29(33)31-21-17-19-22(20-18-21)32-27-15-9-7-13-25(27)23-11-5-6-12-24(23)26-14-8-10-16-28(26)32/h6-24H,5H2,1-4H3;4-24H,3H2,1-2H3;5-20H,4H2,1-3H3,(H,31,33). The Bertz CT molecular complexity index is 5290. The number of benzene rings is 14. The van der Waals surface area contributed by atoms with E-state index in [2.05, 4.69) is 377 Å². The number of carbonyl (C=O) groups is 1. The first-order valence-corrected chi connectivity index (χ1v) is 37.4. The highest BCUT2D eigenvalue weighted by molar-refractivity contribution is 6.06. The van der Waals surface area contributed by atoms with Crippen LogP contribution in [0.3, 0.4) is 0 Å². The van der Waals surface area contributed by atoms with Gasteiger partial charge in [-0.05, 0) is 208 Å². The van der Waals surface area contributed by atoms with Crippen molar-refractivity contribution in [3.05, 3.63) is 350 Å². The van der Waals surface area contributed by atoms with Crippen molar-refractivity contribution in [2.45, 2.75) is 93.4 Å². The number of nitrogens with one attached hydrogen (secondary N) is 1. The Labute approximate surface area is 621 Å². The number of amides is 1. The zero-order valence-electron chi connectivity index (χ0n) is 61.7. The molecule has 0 radical (unpaired) electrons. The Balaban J connectivity index is 0.000000127. The van der Waals surface area contributed by atoms with Crippen molar-refractivity contribution in [1.82, 2.24) is 0 Å². The molecule has 0 bridgehead atoms. The summed E-state index contributed by atoms with van der Waals surface area (Å²) in [5.41, 5.74) is 36.5. The van der Waals surface area contributed by atoms with Crippen molar-refractivity contribution in [2.75, 3.05) is 20.0 Å². The fraction of sp³-hybridized carbons (Fsp3) is 0.150. The van der Waals surface area contributed by atoms with E-state index in [0.29, 0.717) is 11.8 Å². The van der Waals surface area contributed by atoms with E-state index in [9.17, 15) is 4.79 Å². The zero-order chi connectivity index (χ0) is 72.3. The van der Waals surface area contributed by atoms with E-state index >= 15 is 0 Å². The van der Waals surface area contributed by atoms with E-state index in [1.807, 2.05) is 32.9 Å². The van der Waals surface area contributed by atoms with Crippen molar-refractivity contribution in [2.24, 2.45) is 5.41 Å². The molecule has 0 spiro atoms. The third-order valence-corrected chi connectivity index (χ3v) is 22.0. The normalized spacial score (nSPS) is 12.6. The summed E-state index contributed by atoms with van der Waals surface area (Å²) in [7, 11) is 0. The molecule has 3 aliphatic heterocycles. The highest BCUT2D eigenvalue weighted by atomic mass is 16.2. The number of para-hydroxylation sites is 6. The van der Waals surface area contributed by atoms with E-state index in [4.69, 9.17) is 0 Å². The van der Waals surface area contributed by atoms with E-state index in [0.717, 1.165) is 47.7 Å². The number of aryl methyl sites for hydroxylation is 2. The van der Waals surface area contributed by atoms with Crippen LogP contribution in [0.2, 0.25) is 0 Å². The quantitative estimate of drug-likeness (QED) is 0.132. The molecule has 3 aliphatic rings. The highest BCUT2D eigenvalue weighted by Crippen LogP contribution is 2.54. The highest BCUT2D eigenvalue weighted by Gasteiger charge is 2.31. The number of nitrogens with zero attached hydrogens (tertiary/aromatic N) is 3. The van der Waals surface area contributed by atoms with Crippen LogP contribution >= 0.6 is 0 Å².